The van der Waals surface area contributed by atoms with Crippen LogP contribution in [0.4, 0.5) is 0 Å². The average molecular weight is 338 g/mol. The number of thiazole rings is 1. The molecule has 0 N–H and O–H groups in total. The lowest BCUT2D eigenvalue weighted by Crippen LogP contribution is -1.93. The van der Waals surface area contributed by atoms with Crippen molar-refractivity contribution in [3.8, 4) is 10.6 Å². The van der Waals surface area contributed by atoms with Crippen LogP contribution in [0.25, 0.3) is 10.6 Å². The molecule has 1 heterocycles. The first-order valence-corrected chi connectivity index (χ1v) is 7.80. The van der Waals surface area contributed by atoms with E-state index in [1.165, 1.54) is 10.4 Å². The Morgan fingerprint density at radius 3 is 2.79 bits per heavy atom. The fourth-order valence-corrected chi connectivity index (χ4v) is 3.39. The highest BCUT2D eigenvalue weighted by Crippen LogP contribution is 2.32. The molecule has 2 rings (SSSR count). The van der Waals surface area contributed by atoms with Gasteiger partial charge >= 0.3 is 0 Å². The van der Waals surface area contributed by atoms with Crippen molar-refractivity contribution in [2.24, 2.45) is 0 Å². The topological polar surface area (TPSA) is 30.0 Å². The predicted octanol–water partition coefficient (Wildman–Crippen LogP) is 4.71. The summed E-state index contributed by atoms with van der Waals surface area (Å²) < 4.78 is 1.06. The molecule has 4 heteroatoms. The molecule has 0 amide bonds. The molecule has 19 heavy (non-hydrogen) atoms. The second kappa shape index (κ2) is 5.97. The summed E-state index contributed by atoms with van der Waals surface area (Å²) in [5.41, 5.74) is 3.42. The largest absolute Gasteiger partial charge is 0.300 e. The van der Waals surface area contributed by atoms with Crippen LogP contribution in [-0.4, -0.2) is 10.8 Å². The number of halogens is 1. The van der Waals surface area contributed by atoms with Gasteiger partial charge in [-0.25, -0.2) is 4.98 Å². The number of aromatic nitrogens is 1. The number of rotatable bonds is 4. The molecule has 0 aliphatic carbocycles. The van der Waals surface area contributed by atoms with Gasteiger partial charge < -0.3 is 4.79 Å². The van der Waals surface area contributed by atoms with Crippen LogP contribution in [0.15, 0.2) is 22.7 Å². The van der Waals surface area contributed by atoms with Crippen LogP contribution in [0.5, 0.6) is 0 Å². The van der Waals surface area contributed by atoms with E-state index in [-0.39, 0.29) is 5.78 Å². The number of benzene rings is 1. The molecule has 0 fully saturated rings. The van der Waals surface area contributed by atoms with Gasteiger partial charge in [0.25, 0.3) is 0 Å². The average Bonchev–Trinajstić information content (AvgIpc) is 2.71. The van der Waals surface area contributed by atoms with Gasteiger partial charge in [-0.05, 0) is 44.9 Å². The zero-order valence-corrected chi connectivity index (χ0v) is 13.7. The van der Waals surface area contributed by atoms with Crippen molar-refractivity contribution in [3.05, 3.63) is 38.8 Å². The van der Waals surface area contributed by atoms with Gasteiger partial charge in [-0.2, -0.15) is 0 Å². The van der Waals surface area contributed by atoms with Crippen LogP contribution in [0, 0.1) is 13.8 Å². The lowest BCUT2D eigenvalue weighted by Gasteiger charge is -2.02. The van der Waals surface area contributed by atoms with Crippen LogP contribution < -0.4 is 0 Å². The van der Waals surface area contributed by atoms with Crippen LogP contribution >= 0.6 is 27.3 Å². The first-order chi connectivity index (χ1) is 8.97. The molecule has 100 valence electrons. The maximum absolute atomic E-state index is 11.1. The molecule has 0 saturated heterocycles. The lowest BCUT2D eigenvalue weighted by atomic mass is 10.1. The number of hydrogen-bond acceptors (Lipinski definition) is 3. The summed E-state index contributed by atoms with van der Waals surface area (Å²) in [6, 6.07) is 6.23. The molecular weight excluding hydrogens is 322 g/mol. The summed E-state index contributed by atoms with van der Waals surface area (Å²) in [5.74, 6) is 0.230. The molecule has 1 aromatic carbocycles. The van der Waals surface area contributed by atoms with Gasteiger partial charge in [0.1, 0.15) is 10.8 Å². The Balaban J connectivity index is 2.33. The van der Waals surface area contributed by atoms with E-state index in [1.807, 2.05) is 13.0 Å². The van der Waals surface area contributed by atoms with E-state index < -0.39 is 0 Å². The van der Waals surface area contributed by atoms with E-state index in [0.29, 0.717) is 6.42 Å². The van der Waals surface area contributed by atoms with E-state index in [4.69, 9.17) is 0 Å². The second-order valence-corrected chi connectivity index (χ2v) is 6.69. The minimum absolute atomic E-state index is 0.230. The van der Waals surface area contributed by atoms with Crippen molar-refractivity contribution in [1.29, 1.82) is 0 Å². The summed E-state index contributed by atoms with van der Waals surface area (Å²) in [7, 11) is 0. The number of nitrogens with zero attached hydrogens (tertiary/aromatic N) is 1. The van der Waals surface area contributed by atoms with Crippen LogP contribution in [0.1, 0.15) is 29.5 Å². The molecule has 0 aliphatic heterocycles. The summed E-state index contributed by atoms with van der Waals surface area (Å²) in [6.07, 6.45) is 1.39. The van der Waals surface area contributed by atoms with Gasteiger partial charge in [0.2, 0.25) is 0 Å². The fourth-order valence-electron chi connectivity index (χ4n) is 1.89. The highest BCUT2D eigenvalue weighted by molar-refractivity contribution is 9.10. The van der Waals surface area contributed by atoms with E-state index >= 15 is 0 Å². The maximum atomic E-state index is 11.1. The van der Waals surface area contributed by atoms with Crippen molar-refractivity contribution in [2.75, 3.05) is 0 Å². The second-order valence-electron chi connectivity index (χ2n) is 4.69. The Kier molecular flexibility index (Phi) is 4.53. The molecule has 0 aliphatic rings. The molecule has 0 unspecified atom stereocenters. The highest BCUT2D eigenvalue weighted by Gasteiger charge is 2.12. The monoisotopic (exact) mass is 337 g/mol. The minimum atomic E-state index is 0.230. The summed E-state index contributed by atoms with van der Waals surface area (Å²) >= 11 is 5.19. The maximum Gasteiger partial charge on any atom is 0.130 e. The molecule has 0 saturated carbocycles. The Morgan fingerprint density at radius 2 is 2.11 bits per heavy atom. The van der Waals surface area contributed by atoms with E-state index in [2.05, 4.69) is 40.0 Å². The Hall–Kier alpha value is -1.00. The molecular formula is C15H16BrNOS. The van der Waals surface area contributed by atoms with Crippen molar-refractivity contribution in [2.45, 2.75) is 33.6 Å². The van der Waals surface area contributed by atoms with Crippen LogP contribution in [0.3, 0.4) is 0 Å². The third kappa shape index (κ3) is 3.51. The Labute approximate surface area is 126 Å². The summed E-state index contributed by atoms with van der Waals surface area (Å²) in [6.45, 7) is 5.74. The summed E-state index contributed by atoms with van der Waals surface area (Å²) in [4.78, 5) is 16.9. The van der Waals surface area contributed by atoms with Crippen molar-refractivity contribution in [1.82, 2.24) is 4.98 Å². The Bertz CT molecular complexity index is 619. The Morgan fingerprint density at radius 1 is 1.37 bits per heavy atom. The minimum Gasteiger partial charge on any atom is -0.300 e. The van der Waals surface area contributed by atoms with Gasteiger partial charge in [0, 0.05) is 21.3 Å². The molecule has 2 aromatic rings. The van der Waals surface area contributed by atoms with Crippen molar-refractivity contribution in [3.63, 3.8) is 0 Å². The van der Waals surface area contributed by atoms with E-state index in [1.54, 1.807) is 18.3 Å². The molecule has 0 spiro atoms. The highest BCUT2D eigenvalue weighted by atomic mass is 79.9. The summed E-state index contributed by atoms with van der Waals surface area (Å²) in [5, 5.41) is 1.04. The fraction of sp³-hybridized carbons (Fsp3) is 0.333. The van der Waals surface area contributed by atoms with Gasteiger partial charge in [-0.1, -0.05) is 22.0 Å². The predicted molar refractivity (Wildman–Crippen MR) is 83.7 cm³/mol. The molecule has 0 bridgehead atoms. The van der Waals surface area contributed by atoms with Crippen LogP contribution in [0.2, 0.25) is 0 Å². The number of carbonyl (C=O) groups is 1. The van der Waals surface area contributed by atoms with E-state index in [0.717, 1.165) is 27.2 Å². The zero-order chi connectivity index (χ0) is 14.0. The number of carbonyl (C=O) groups excluding carboxylic acids is 1. The van der Waals surface area contributed by atoms with Gasteiger partial charge in [-0.15, -0.1) is 11.3 Å². The zero-order valence-electron chi connectivity index (χ0n) is 11.3. The van der Waals surface area contributed by atoms with Gasteiger partial charge in [0.15, 0.2) is 0 Å². The van der Waals surface area contributed by atoms with Crippen molar-refractivity contribution < 1.29 is 4.79 Å². The van der Waals surface area contributed by atoms with Crippen molar-refractivity contribution >= 4 is 33.0 Å². The normalized spacial score (nSPS) is 10.7. The first kappa shape index (κ1) is 14.4. The van der Waals surface area contributed by atoms with E-state index in [9.17, 15) is 4.79 Å². The third-order valence-electron chi connectivity index (χ3n) is 3.03. The standard InChI is InChI=1S/C15H16BrNOS/c1-9-4-6-12(16)8-13(9)15-17-11(3)14(19-15)7-5-10(2)18/h4,6,8H,5,7H2,1-3H3. The molecule has 0 radical (unpaired) electrons. The smallest absolute Gasteiger partial charge is 0.130 e. The van der Waals surface area contributed by atoms with Crippen LogP contribution in [-0.2, 0) is 11.2 Å². The molecule has 2 nitrogen and oxygen atoms in total. The first-order valence-electron chi connectivity index (χ1n) is 6.19. The number of ketones is 1. The molecule has 1 aromatic heterocycles. The quantitative estimate of drug-likeness (QED) is 0.808. The number of aryl methyl sites for hydroxylation is 3. The number of Topliss-reactive ketones (excluding diaryl/α,β-unsaturated/α-hetero) is 1. The molecule has 0 atom stereocenters. The third-order valence-corrected chi connectivity index (χ3v) is 4.77. The lowest BCUT2D eigenvalue weighted by molar-refractivity contribution is -0.116. The number of hydrogen-bond donors (Lipinski definition) is 0. The van der Waals surface area contributed by atoms with Gasteiger partial charge in [0.05, 0.1) is 5.69 Å². The van der Waals surface area contributed by atoms with Gasteiger partial charge in [-0.3, -0.25) is 0 Å². The SMILES string of the molecule is CC(=O)CCc1sc(-c2cc(Br)ccc2C)nc1C.